The third kappa shape index (κ3) is 3.56. The van der Waals surface area contributed by atoms with E-state index in [2.05, 4.69) is 15.2 Å². The van der Waals surface area contributed by atoms with Gasteiger partial charge in [0.25, 0.3) is 5.91 Å². The van der Waals surface area contributed by atoms with Gasteiger partial charge in [-0.25, -0.2) is 4.98 Å². The van der Waals surface area contributed by atoms with Crippen LogP contribution in [0.2, 0.25) is 0 Å². The quantitative estimate of drug-likeness (QED) is 0.834. The summed E-state index contributed by atoms with van der Waals surface area (Å²) in [6.07, 6.45) is 7.29. The third-order valence-corrected chi connectivity index (χ3v) is 3.10. The van der Waals surface area contributed by atoms with Gasteiger partial charge in [-0.15, -0.1) is 0 Å². The Morgan fingerprint density at radius 3 is 2.82 bits per heavy atom. The van der Waals surface area contributed by atoms with Crippen molar-refractivity contribution in [2.75, 3.05) is 26.2 Å². The Labute approximate surface area is 102 Å². The molecule has 5 heteroatoms. The molecule has 2 heterocycles. The number of piperidine rings is 1. The summed E-state index contributed by atoms with van der Waals surface area (Å²) in [7, 11) is 1.86. The molecule has 0 aromatic carbocycles. The minimum Gasteiger partial charge on any atom is -0.349 e. The summed E-state index contributed by atoms with van der Waals surface area (Å²) in [5.41, 5.74) is 0.492. The minimum absolute atomic E-state index is 0.0809. The number of nitrogens with zero attached hydrogens (tertiary/aromatic N) is 3. The molecule has 1 aromatic rings. The van der Waals surface area contributed by atoms with Gasteiger partial charge < -0.3 is 14.8 Å². The first-order chi connectivity index (χ1) is 8.25. The number of nitrogens with one attached hydrogen (secondary N) is 1. The minimum atomic E-state index is -0.0809. The van der Waals surface area contributed by atoms with Gasteiger partial charge in [0.2, 0.25) is 0 Å². The topological polar surface area (TPSA) is 50.2 Å². The van der Waals surface area contributed by atoms with Crippen molar-refractivity contribution in [3.8, 4) is 0 Å². The molecule has 1 aromatic heterocycles. The molecule has 0 bridgehead atoms. The van der Waals surface area contributed by atoms with Crippen LogP contribution in [0.15, 0.2) is 12.5 Å². The van der Waals surface area contributed by atoms with Crippen LogP contribution in [0.1, 0.15) is 29.8 Å². The van der Waals surface area contributed by atoms with Crippen molar-refractivity contribution in [1.82, 2.24) is 19.8 Å². The normalized spacial score (nSPS) is 17.0. The van der Waals surface area contributed by atoms with E-state index in [9.17, 15) is 4.79 Å². The lowest BCUT2D eigenvalue weighted by Gasteiger charge is -2.26. The van der Waals surface area contributed by atoms with Crippen LogP contribution in [0.3, 0.4) is 0 Å². The Hall–Kier alpha value is -1.36. The monoisotopic (exact) mass is 236 g/mol. The third-order valence-electron chi connectivity index (χ3n) is 3.10. The largest absolute Gasteiger partial charge is 0.349 e. The van der Waals surface area contributed by atoms with E-state index < -0.39 is 0 Å². The Morgan fingerprint density at radius 2 is 2.18 bits per heavy atom. The highest BCUT2D eigenvalue weighted by Crippen LogP contribution is 2.07. The van der Waals surface area contributed by atoms with E-state index in [4.69, 9.17) is 0 Å². The van der Waals surface area contributed by atoms with Crippen LogP contribution < -0.4 is 5.32 Å². The molecule has 1 aliphatic heterocycles. The first-order valence-corrected chi connectivity index (χ1v) is 6.24. The maximum absolute atomic E-state index is 11.7. The number of carbonyl (C=O) groups is 1. The molecule has 17 heavy (non-hydrogen) atoms. The van der Waals surface area contributed by atoms with Gasteiger partial charge in [-0.1, -0.05) is 6.42 Å². The summed E-state index contributed by atoms with van der Waals surface area (Å²) in [5, 5.41) is 2.90. The highest BCUT2D eigenvalue weighted by Gasteiger charge is 2.11. The van der Waals surface area contributed by atoms with Crippen LogP contribution in [-0.2, 0) is 7.05 Å². The molecule has 0 spiro atoms. The first-order valence-electron chi connectivity index (χ1n) is 6.24. The lowest BCUT2D eigenvalue weighted by molar-refractivity contribution is 0.0942. The second-order valence-corrected chi connectivity index (χ2v) is 4.58. The van der Waals surface area contributed by atoms with E-state index in [-0.39, 0.29) is 5.91 Å². The van der Waals surface area contributed by atoms with Gasteiger partial charge in [0.1, 0.15) is 5.69 Å². The van der Waals surface area contributed by atoms with Gasteiger partial charge in [0, 0.05) is 26.3 Å². The maximum Gasteiger partial charge on any atom is 0.271 e. The molecular formula is C12H20N4O. The molecule has 94 valence electrons. The molecule has 0 unspecified atom stereocenters. The van der Waals surface area contributed by atoms with Gasteiger partial charge in [0.15, 0.2) is 0 Å². The molecule has 0 radical (unpaired) electrons. The van der Waals surface area contributed by atoms with Crippen LogP contribution in [0.5, 0.6) is 0 Å². The van der Waals surface area contributed by atoms with Crippen molar-refractivity contribution in [3.63, 3.8) is 0 Å². The molecule has 0 aliphatic carbocycles. The van der Waals surface area contributed by atoms with E-state index >= 15 is 0 Å². The van der Waals surface area contributed by atoms with Crippen molar-refractivity contribution >= 4 is 5.91 Å². The van der Waals surface area contributed by atoms with Gasteiger partial charge in [-0.2, -0.15) is 0 Å². The van der Waals surface area contributed by atoms with Crippen molar-refractivity contribution in [3.05, 3.63) is 18.2 Å². The Kier molecular flexibility index (Phi) is 4.14. The SMILES string of the molecule is Cn1cnc(C(=O)NCCN2CCCCC2)c1. The van der Waals surface area contributed by atoms with Gasteiger partial charge >= 0.3 is 0 Å². The van der Waals surface area contributed by atoms with Crippen LogP contribution in [0.4, 0.5) is 0 Å². The van der Waals surface area contributed by atoms with Crippen LogP contribution in [0.25, 0.3) is 0 Å². The smallest absolute Gasteiger partial charge is 0.271 e. The Balaban J connectivity index is 1.69. The highest BCUT2D eigenvalue weighted by atomic mass is 16.1. The molecule has 1 amide bonds. The molecule has 0 atom stereocenters. The predicted octanol–water partition coefficient (Wildman–Crippen LogP) is 0.636. The highest BCUT2D eigenvalue weighted by molar-refractivity contribution is 5.91. The maximum atomic E-state index is 11.7. The van der Waals surface area contributed by atoms with Crippen molar-refractivity contribution in [2.45, 2.75) is 19.3 Å². The fraction of sp³-hybridized carbons (Fsp3) is 0.667. The number of hydrogen-bond donors (Lipinski definition) is 1. The van der Waals surface area contributed by atoms with E-state index in [1.165, 1.54) is 32.4 Å². The lowest BCUT2D eigenvalue weighted by Crippen LogP contribution is -2.37. The van der Waals surface area contributed by atoms with Crippen LogP contribution in [-0.4, -0.2) is 46.5 Å². The first kappa shape index (κ1) is 12.1. The average molecular weight is 236 g/mol. The number of hydrogen-bond acceptors (Lipinski definition) is 3. The van der Waals surface area contributed by atoms with E-state index in [0.717, 1.165) is 6.54 Å². The van der Waals surface area contributed by atoms with Crippen molar-refractivity contribution in [2.24, 2.45) is 7.05 Å². The molecule has 0 saturated carbocycles. The number of aromatic nitrogens is 2. The molecule has 5 nitrogen and oxygen atoms in total. The zero-order chi connectivity index (χ0) is 12.1. The number of rotatable bonds is 4. The lowest BCUT2D eigenvalue weighted by atomic mass is 10.1. The molecule has 1 saturated heterocycles. The summed E-state index contributed by atoms with van der Waals surface area (Å²) in [5.74, 6) is -0.0809. The molecule has 1 aliphatic rings. The summed E-state index contributed by atoms with van der Waals surface area (Å²) in [6.45, 7) is 3.98. The Morgan fingerprint density at radius 1 is 1.41 bits per heavy atom. The average Bonchev–Trinajstić information content (AvgIpc) is 2.77. The predicted molar refractivity (Wildman–Crippen MR) is 65.8 cm³/mol. The number of likely N-dealkylation sites (tertiary alicyclic amines) is 1. The molecule has 1 N–H and O–H groups in total. The summed E-state index contributed by atoms with van der Waals surface area (Å²) in [4.78, 5) is 18.1. The molecular weight excluding hydrogens is 216 g/mol. The van der Waals surface area contributed by atoms with E-state index in [0.29, 0.717) is 12.2 Å². The van der Waals surface area contributed by atoms with Crippen molar-refractivity contribution < 1.29 is 4.79 Å². The zero-order valence-electron chi connectivity index (χ0n) is 10.4. The Bertz CT molecular complexity index is 368. The van der Waals surface area contributed by atoms with Gasteiger partial charge in [-0.05, 0) is 25.9 Å². The summed E-state index contributed by atoms with van der Waals surface area (Å²) >= 11 is 0. The number of imidazole rings is 1. The second-order valence-electron chi connectivity index (χ2n) is 4.58. The standard InChI is InChI=1S/C12H20N4O/c1-15-9-11(14-10-15)12(17)13-5-8-16-6-3-2-4-7-16/h9-10H,2-8H2,1H3,(H,13,17). The van der Waals surface area contributed by atoms with Gasteiger partial charge in [0.05, 0.1) is 6.33 Å². The van der Waals surface area contributed by atoms with Crippen LogP contribution in [0, 0.1) is 0 Å². The van der Waals surface area contributed by atoms with Crippen LogP contribution >= 0.6 is 0 Å². The number of amides is 1. The van der Waals surface area contributed by atoms with Gasteiger partial charge in [-0.3, -0.25) is 4.79 Å². The number of carbonyl (C=O) groups excluding carboxylic acids is 1. The summed E-state index contributed by atoms with van der Waals surface area (Å²) < 4.78 is 1.78. The molecule has 2 rings (SSSR count). The fourth-order valence-corrected chi connectivity index (χ4v) is 2.13. The van der Waals surface area contributed by atoms with E-state index in [1.54, 1.807) is 17.1 Å². The fourth-order valence-electron chi connectivity index (χ4n) is 2.13. The molecule has 1 fully saturated rings. The van der Waals surface area contributed by atoms with E-state index in [1.807, 2.05) is 7.05 Å². The number of aryl methyl sites for hydroxylation is 1. The van der Waals surface area contributed by atoms with Crippen molar-refractivity contribution in [1.29, 1.82) is 0 Å². The zero-order valence-corrected chi connectivity index (χ0v) is 10.4. The summed E-state index contributed by atoms with van der Waals surface area (Å²) in [6, 6.07) is 0. The second kappa shape index (κ2) is 5.82.